The number of hydrogen-bond acceptors (Lipinski definition) is 2. The van der Waals surface area contributed by atoms with Crippen molar-refractivity contribution in [2.75, 3.05) is 6.61 Å². The van der Waals surface area contributed by atoms with E-state index in [1.54, 1.807) is 0 Å². The minimum atomic E-state index is -0.0709. The van der Waals surface area contributed by atoms with Gasteiger partial charge in [0.2, 0.25) is 0 Å². The van der Waals surface area contributed by atoms with E-state index in [-0.39, 0.29) is 5.41 Å². The SMILES string of the molecule is CCCCCCCC1(C#N)CCC(C2=CC=C(c3ccc(OCCCCCC)cc3)CC=C2)CC1. The molecule has 0 heterocycles. The summed E-state index contributed by atoms with van der Waals surface area (Å²) in [5.41, 5.74) is 4.01. The molecule has 0 bridgehead atoms. The van der Waals surface area contributed by atoms with Crippen molar-refractivity contribution in [3.8, 4) is 11.8 Å². The molecule has 1 aromatic rings. The van der Waals surface area contributed by atoms with E-state index in [9.17, 15) is 5.26 Å². The van der Waals surface area contributed by atoms with Crippen LogP contribution in [0, 0.1) is 22.7 Å². The van der Waals surface area contributed by atoms with Gasteiger partial charge in [-0.25, -0.2) is 0 Å². The zero-order valence-corrected chi connectivity index (χ0v) is 22.4. The number of nitriles is 1. The van der Waals surface area contributed by atoms with Gasteiger partial charge in [-0.15, -0.1) is 0 Å². The van der Waals surface area contributed by atoms with Gasteiger partial charge in [-0.1, -0.05) is 102 Å². The van der Waals surface area contributed by atoms with Crippen LogP contribution in [0.15, 0.2) is 54.1 Å². The average molecular weight is 474 g/mol. The fourth-order valence-electron chi connectivity index (χ4n) is 5.60. The van der Waals surface area contributed by atoms with Crippen molar-refractivity contribution in [2.45, 2.75) is 110 Å². The van der Waals surface area contributed by atoms with Crippen molar-refractivity contribution in [3.63, 3.8) is 0 Å². The maximum absolute atomic E-state index is 9.95. The zero-order valence-electron chi connectivity index (χ0n) is 22.4. The van der Waals surface area contributed by atoms with E-state index >= 15 is 0 Å². The number of unbranched alkanes of at least 4 members (excludes halogenated alkanes) is 7. The number of rotatable bonds is 14. The molecule has 2 aliphatic rings. The van der Waals surface area contributed by atoms with Gasteiger partial charge >= 0.3 is 0 Å². The lowest BCUT2D eigenvalue weighted by atomic mass is 9.67. The first-order chi connectivity index (χ1) is 17.2. The van der Waals surface area contributed by atoms with Gasteiger partial charge in [-0.2, -0.15) is 5.26 Å². The smallest absolute Gasteiger partial charge is 0.119 e. The summed E-state index contributed by atoms with van der Waals surface area (Å²) in [5.74, 6) is 1.56. The van der Waals surface area contributed by atoms with Gasteiger partial charge in [0.05, 0.1) is 18.1 Å². The van der Waals surface area contributed by atoms with E-state index in [2.05, 4.69) is 68.5 Å². The van der Waals surface area contributed by atoms with Crippen LogP contribution in [0.2, 0.25) is 0 Å². The summed E-state index contributed by atoms with van der Waals surface area (Å²) >= 11 is 0. The quantitative estimate of drug-likeness (QED) is 0.252. The van der Waals surface area contributed by atoms with Crippen molar-refractivity contribution in [2.24, 2.45) is 11.3 Å². The lowest BCUT2D eigenvalue weighted by molar-refractivity contribution is 0.209. The predicted molar refractivity (Wildman–Crippen MR) is 149 cm³/mol. The Morgan fingerprint density at radius 1 is 0.886 bits per heavy atom. The van der Waals surface area contributed by atoms with Gasteiger partial charge in [0.1, 0.15) is 5.75 Å². The molecular formula is C33H47NO. The number of nitrogens with zero attached hydrogens (tertiary/aromatic N) is 1. The third kappa shape index (κ3) is 8.71. The molecule has 1 saturated carbocycles. The van der Waals surface area contributed by atoms with Gasteiger partial charge in [0.25, 0.3) is 0 Å². The molecule has 2 aliphatic carbocycles. The summed E-state index contributed by atoms with van der Waals surface area (Å²) in [6, 6.07) is 11.4. The Morgan fingerprint density at radius 3 is 2.26 bits per heavy atom. The Hall–Kier alpha value is -2.27. The minimum absolute atomic E-state index is 0.0709. The molecule has 0 amide bonds. The summed E-state index contributed by atoms with van der Waals surface area (Å²) in [5, 5.41) is 9.95. The highest BCUT2D eigenvalue weighted by molar-refractivity contribution is 5.70. The Bertz CT molecular complexity index is 875. The van der Waals surface area contributed by atoms with Crippen LogP contribution in [-0.4, -0.2) is 6.61 Å². The first-order valence-corrected chi connectivity index (χ1v) is 14.4. The average Bonchev–Trinajstić information content (AvgIpc) is 3.16. The summed E-state index contributed by atoms with van der Waals surface area (Å²) in [6.45, 7) is 5.31. The van der Waals surface area contributed by atoms with Crippen LogP contribution in [0.4, 0.5) is 0 Å². The van der Waals surface area contributed by atoms with Crippen LogP contribution >= 0.6 is 0 Å². The molecule has 1 aromatic carbocycles. The zero-order chi connectivity index (χ0) is 24.8. The fourth-order valence-corrected chi connectivity index (χ4v) is 5.60. The first kappa shape index (κ1) is 27.3. The van der Waals surface area contributed by atoms with Crippen LogP contribution in [0.3, 0.4) is 0 Å². The van der Waals surface area contributed by atoms with Gasteiger partial charge in [-0.05, 0) is 79.7 Å². The summed E-state index contributed by atoms with van der Waals surface area (Å²) in [7, 11) is 0. The lowest BCUT2D eigenvalue weighted by Crippen LogP contribution is -2.26. The van der Waals surface area contributed by atoms with Gasteiger partial charge in [0.15, 0.2) is 0 Å². The van der Waals surface area contributed by atoms with Gasteiger partial charge in [0, 0.05) is 0 Å². The van der Waals surface area contributed by atoms with Crippen molar-refractivity contribution in [3.05, 3.63) is 59.7 Å². The Labute approximate surface area is 215 Å². The van der Waals surface area contributed by atoms with Gasteiger partial charge in [-0.3, -0.25) is 0 Å². The van der Waals surface area contributed by atoms with Crippen LogP contribution in [-0.2, 0) is 0 Å². The number of ether oxygens (including phenoxy) is 1. The molecule has 0 atom stereocenters. The highest BCUT2D eigenvalue weighted by Gasteiger charge is 2.35. The summed E-state index contributed by atoms with van der Waals surface area (Å²) in [4.78, 5) is 0. The molecule has 0 radical (unpaired) electrons. The maximum atomic E-state index is 9.95. The Morgan fingerprint density at radius 2 is 1.57 bits per heavy atom. The van der Waals surface area contributed by atoms with Crippen molar-refractivity contribution in [1.29, 1.82) is 5.26 Å². The molecule has 2 heteroatoms. The van der Waals surface area contributed by atoms with Crippen molar-refractivity contribution >= 4 is 5.57 Å². The minimum Gasteiger partial charge on any atom is -0.494 e. The van der Waals surface area contributed by atoms with Gasteiger partial charge < -0.3 is 4.74 Å². The van der Waals surface area contributed by atoms with E-state index in [1.165, 1.54) is 68.1 Å². The summed E-state index contributed by atoms with van der Waals surface area (Å²) < 4.78 is 5.92. The Balaban J connectivity index is 1.51. The summed E-state index contributed by atoms with van der Waals surface area (Å²) in [6.07, 6.45) is 27.1. The highest BCUT2D eigenvalue weighted by Crippen LogP contribution is 2.45. The van der Waals surface area contributed by atoms with E-state index in [4.69, 9.17) is 4.74 Å². The molecule has 1 fully saturated rings. The molecule has 0 unspecified atom stereocenters. The second-order valence-electron chi connectivity index (χ2n) is 10.7. The standard InChI is InChI=1S/C33H47NO/c1-3-5-7-9-10-23-33(27-34)24-21-31(22-25-33)29-14-12-13-28(15-16-29)30-17-19-32(20-18-30)35-26-11-8-6-4-2/h12,14-20,31H,3-11,13,21-26H2,1-2H3. The monoisotopic (exact) mass is 473 g/mol. The van der Waals surface area contributed by atoms with Crippen LogP contribution in [0.5, 0.6) is 5.75 Å². The molecule has 2 nitrogen and oxygen atoms in total. The largest absolute Gasteiger partial charge is 0.494 e. The topological polar surface area (TPSA) is 33.0 Å². The molecule has 0 aliphatic heterocycles. The molecular weight excluding hydrogens is 426 g/mol. The van der Waals surface area contributed by atoms with E-state index in [1.807, 2.05) is 0 Å². The fraction of sp³-hybridized carbons (Fsp3) is 0.606. The molecule has 3 rings (SSSR count). The first-order valence-electron chi connectivity index (χ1n) is 14.4. The van der Waals surface area contributed by atoms with Crippen molar-refractivity contribution in [1.82, 2.24) is 0 Å². The molecule has 0 aromatic heterocycles. The van der Waals surface area contributed by atoms with E-state index in [0.29, 0.717) is 5.92 Å². The predicted octanol–water partition coefficient (Wildman–Crippen LogP) is 9.98. The van der Waals surface area contributed by atoms with E-state index in [0.717, 1.165) is 57.3 Å². The van der Waals surface area contributed by atoms with E-state index < -0.39 is 0 Å². The second-order valence-corrected chi connectivity index (χ2v) is 10.7. The van der Waals surface area contributed by atoms with Crippen LogP contribution in [0.25, 0.3) is 5.57 Å². The molecule has 0 N–H and O–H groups in total. The third-order valence-corrected chi connectivity index (χ3v) is 8.03. The number of allylic oxidation sites excluding steroid dienone is 6. The molecule has 0 spiro atoms. The molecule has 0 saturated heterocycles. The number of hydrogen-bond donors (Lipinski definition) is 0. The lowest BCUT2D eigenvalue weighted by Gasteiger charge is -2.35. The molecule has 190 valence electrons. The normalized spacial score (nSPS) is 22.1. The van der Waals surface area contributed by atoms with Crippen LogP contribution < -0.4 is 4.74 Å². The third-order valence-electron chi connectivity index (χ3n) is 8.03. The molecule has 35 heavy (non-hydrogen) atoms. The van der Waals surface area contributed by atoms with Crippen molar-refractivity contribution < 1.29 is 4.74 Å². The highest BCUT2D eigenvalue weighted by atomic mass is 16.5. The number of benzene rings is 1. The second kappa shape index (κ2) is 15.0. The van der Waals surface area contributed by atoms with Crippen LogP contribution in [0.1, 0.15) is 116 Å². The maximum Gasteiger partial charge on any atom is 0.119 e. The Kier molecular flexibility index (Phi) is 11.7.